The molecule has 3 aliphatic heterocycles. The lowest BCUT2D eigenvalue weighted by Gasteiger charge is -2.47. The van der Waals surface area contributed by atoms with Gasteiger partial charge in [0.05, 0.1) is 4.92 Å². The number of rotatable bonds is 4. The van der Waals surface area contributed by atoms with Crippen molar-refractivity contribution in [2.24, 2.45) is 0 Å². The van der Waals surface area contributed by atoms with E-state index in [1.54, 1.807) is 6.07 Å². The molecule has 1 atom stereocenters. The quantitative estimate of drug-likeness (QED) is 0.638. The van der Waals surface area contributed by atoms with E-state index in [1.807, 2.05) is 0 Å². The second-order valence-electron chi connectivity index (χ2n) is 5.51. The summed E-state index contributed by atoms with van der Waals surface area (Å²) in [7, 11) is 0. The van der Waals surface area contributed by atoms with Gasteiger partial charge in [-0.25, -0.2) is 0 Å². The minimum Gasteiger partial charge on any atom is -0.350 e. The van der Waals surface area contributed by atoms with Gasteiger partial charge >= 0.3 is 0 Å². The van der Waals surface area contributed by atoms with E-state index in [0.29, 0.717) is 18.2 Å². The Hall–Kier alpha value is -1.99. The summed E-state index contributed by atoms with van der Waals surface area (Å²) in [5.74, 6) is -0.253. The molecule has 21 heavy (non-hydrogen) atoms. The second kappa shape index (κ2) is 5.79. The van der Waals surface area contributed by atoms with Gasteiger partial charge in [-0.15, -0.1) is 0 Å². The van der Waals surface area contributed by atoms with Crippen LogP contribution in [0.15, 0.2) is 24.3 Å². The molecular formula is C14H18N4O3. The zero-order valence-corrected chi connectivity index (χ0v) is 11.7. The van der Waals surface area contributed by atoms with Crippen molar-refractivity contribution in [1.82, 2.24) is 15.1 Å². The number of non-ortho nitro benzene ring substituents is 1. The number of carbonyl (C=O) groups is 1. The molecule has 1 unspecified atom stereocenters. The molecule has 0 radical (unpaired) electrons. The van der Waals surface area contributed by atoms with Crippen LogP contribution < -0.4 is 5.32 Å². The highest BCUT2D eigenvalue weighted by Crippen LogP contribution is 2.16. The van der Waals surface area contributed by atoms with Gasteiger partial charge in [-0.05, 0) is 6.07 Å². The predicted molar refractivity (Wildman–Crippen MR) is 77.2 cm³/mol. The van der Waals surface area contributed by atoms with Crippen LogP contribution >= 0.6 is 0 Å². The summed E-state index contributed by atoms with van der Waals surface area (Å²) < 4.78 is 0. The summed E-state index contributed by atoms with van der Waals surface area (Å²) in [4.78, 5) is 27.1. The summed E-state index contributed by atoms with van der Waals surface area (Å²) in [5, 5.41) is 13.6. The lowest BCUT2D eigenvalue weighted by atomic mass is 10.1. The number of hydrogen-bond acceptors (Lipinski definition) is 5. The Morgan fingerprint density at radius 1 is 1.33 bits per heavy atom. The lowest BCUT2D eigenvalue weighted by Crippen LogP contribution is -2.63. The van der Waals surface area contributed by atoms with Crippen LogP contribution in [0.25, 0.3) is 0 Å². The maximum atomic E-state index is 12.1. The molecule has 1 aromatic rings. The van der Waals surface area contributed by atoms with Gasteiger partial charge in [0, 0.05) is 63.0 Å². The van der Waals surface area contributed by atoms with Crippen LogP contribution in [0, 0.1) is 10.1 Å². The molecular weight excluding hydrogens is 272 g/mol. The lowest BCUT2D eigenvalue weighted by molar-refractivity contribution is -0.384. The molecule has 112 valence electrons. The molecule has 7 nitrogen and oxygen atoms in total. The third-order valence-electron chi connectivity index (χ3n) is 4.21. The summed E-state index contributed by atoms with van der Waals surface area (Å²) >= 11 is 0. The van der Waals surface area contributed by atoms with E-state index in [0.717, 1.165) is 32.7 Å². The van der Waals surface area contributed by atoms with Crippen molar-refractivity contribution >= 4 is 11.6 Å². The van der Waals surface area contributed by atoms with E-state index in [1.165, 1.54) is 18.2 Å². The minimum atomic E-state index is -0.490. The highest BCUT2D eigenvalue weighted by atomic mass is 16.6. The Balaban J connectivity index is 1.59. The third kappa shape index (κ3) is 3.03. The van der Waals surface area contributed by atoms with Crippen molar-refractivity contribution in [3.05, 3.63) is 39.9 Å². The van der Waals surface area contributed by atoms with Crippen LogP contribution in [-0.4, -0.2) is 65.9 Å². The third-order valence-corrected chi connectivity index (χ3v) is 4.21. The van der Waals surface area contributed by atoms with Gasteiger partial charge in [-0.2, -0.15) is 0 Å². The van der Waals surface area contributed by atoms with Gasteiger partial charge in [-0.3, -0.25) is 24.7 Å². The molecule has 3 fully saturated rings. The molecule has 3 saturated heterocycles. The number of nitro groups is 1. The van der Waals surface area contributed by atoms with Crippen molar-refractivity contribution in [3.8, 4) is 0 Å². The molecule has 3 heterocycles. The van der Waals surface area contributed by atoms with E-state index in [4.69, 9.17) is 0 Å². The summed E-state index contributed by atoms with van der Waals surface area (Å²) in [6.45, 7) is 5.88. The van der Waals surface area contributed by atoms with Crippen LogP contribution in [0.5, 0.6) is 0 Å². The standard InChI is InChI=1S/C14H18N4O3/c19-14(11-2-1-3-12(8-11)18(20)21)15-9-13-10-16-4-6-17(13)7-5-16/h1-3,8,13H,4-7,9-10H2,(H,15,19). The fraction of sp³-hybridized carbons (Fsp3) is 0.500. The molecule has 1 amide bonds. The van der Waals surface area contributed by atoms with Crippen molar-refractivity contribution in [1.29, 1.82) is 0 Å². The highest BCUT2D eigenvalue weighted by Gasteiger charge is 2.31. The van der Waals surface area contributed by atoms with Crippen LogP contribution in [0.4, 0.5) is 5.69 Å². The van der Waals surface area contributed by atoms with E-state index in [2.05, 4.69) is 15.1 Å². The van der Waals surface area contributed by atoms with Gasteiger partial charge in [0.15, 0.2) is 0 Å². The number of nitro benzene ring substituents is 1. The Kier molecular flexibility index (Phi) is 3.85. The first-order chi connectivity index (χ1) is 10.1. The number of nitrogens with zero attached hydrogens (tertiary/aromatic N) is 3. The summed E-state index contributed by atoms with van der Waals surface area (Å²) in [5.41, 5.74) is 0.273. The zero-order valence-electron chi connectivity index (χ0n) is 11.7. The molecule has 0 saturated carbocycles. The molecule has 2 bridgehead atoms. The molecule has 1 aromatic carbocycles. The maximum absolute atomic E-state index is 12.1. The molecule has 7 heteroatoms. The zero-order chi connectivity index (χ0) is 14.8. The molecule has 1 N–H and O–H groups in total. The van der Waals surface area contributed by atoms with Gasteiger partial charge in [0.1, 0.15) is 0 Å². The van der Waals surface area contributed by atoms with Crippen LogP contribution in [0.2, 0.25) is 0 Å². The number of piperazine rings is 3. The average Bonchev–Trinajstić information content (AvgIpc) is 2.54. The first-order valence-electron chi connectivity index (χ1n) is 7.12. The van der Waals surface area contributed by atoms with Gasteiger partial charge in [0.2, 0.25) is 0 Å². The SMILES string of the molecule is O=C(NCC1CN2CCN1CC2)c1cccc([N+](=O)[O-])c1. The number of benzene rings is 1. The predicted octanol–water partition coefficient (Wildman–Crippen LogP) is 0.324. The normalized spacial score (nSPS) is 27.3. The average molecular weight is 290 g/mol. The van der Waals surface area contributed by atoms with E-state index < -0.39 is 4.92 Å². The van der Waals surface area contributed by atoms with E-state index in [-0.39, 0.29) is 11.6 Å². The summed E-state index contributed by atoms with van der Waals surface area (Å²) in [6.07, 6.45) is 0. The number of fused-ring (bicyclic) bond motifs is 3. The number of amides is 1. The topological polar surface area (TPSA) is 78.7 Å². The van der Waals surface area contributed by atoms with Crippen molar-refractivity contribution in [3.63, 3.8) is 0 Å². The number of carbonyl (C=O) groups excluding carboxylic acids is 1. The number of nitrogens with one attached hydrogen (secondary N) is 1. The first kappa shape index (κ1) is 14.0. The maximum Gasteiger partial charge on any atom is 0.270 e. The fourth-order valence-electron chi connectivity index (χ4n) is 2.99. The van der Waals surface area contributed by atoms with Crippen molar-refractivity contribution in [2.75, 3.05) is 39.3 Å². The van der Waals surface area contributed by atoms with Gasteiger partial charge in [-0.1, -0.05) is 6.07 Å². The second-order valence-corrected chi connectivity index (χ2v) is 5.51. The Bertz CT molecular complexity index is 555. The van der Waals surface area contributed by atoms with Crippen LogP contribution in [0.1, 0.15) is 10.4 Å². The monoisotopic (exact) mass is 290 g/mol. The Morgan fingerprint density at radius 2 is 2.10 bits per heavy atom. The van der Waals surface area contributed by atoms with Gasteiger partial charge in [0.25, 0.3) is 11.6 Å². The molecule has 3 aliphatic rings. The molecule has 0 aromatic heterocycles. The number of hydrogen-bond donors (Lipinski definition) is 1. The van der Waals surface area contributed by atoms with Crippen molar-refractivity contribution < 1.29 is 9.72 Å². The fourth-order valence-corrected chi connectivity index (χ4v) is 2.99. The van der Waals surface area contributed by atoms with Crippen molar-refractivity contribution in [2.45, 2.75) is 6.04 Å². The Labute approximate surface area is 122 Å². The largest absolute Gasteiger partial charge is 0.350 e. The first-order valence-corrected chi connectivity index (χ1v) is 7.12. The minimum absolute atomic E-state index is 0.0609. The smallest absolute Gasteiger partial charge is 0.270 e. The molecule has 4 rings (SSSR count). The van der Waals surface area contributed by atoms with Crippen LogP contribution in [-0.2, 0) is 0 Å². The van der Waals surface area contributed by atoms with E-state index in [9.17, 15) is 14.9 Å². The van der Waals surface area contributed by atoms with Crippen LogP contribution in [0.3, 0.4) is 0 Å². The Morgan fingerprint density at radius 3 is 2.71 bits per heavy atom. The molecule has 0 aliphatic carbocycles. The van der Waals surface area contributed by atoms with Gasteiger partial charge < -0.3 is 5.32 Å². The molecule has 0 spiro atoms. The highest BCUT2D eigenvalue weighted by molar-refractivity contribution is 5.94. The summed E-state index contributed by atoms with van der Waals surface area (Å²) in [6, 6.07) is 6.17. The van der Waals surface area contributed by atoms with E-state index >= 15 is 0 Å².